The largest absolute Gasteiger partial charge is 0.370 e. The highest BCUT2D eigenvalue weighted by Crippen LogP contribution is 2.37. The normalized spacial score (nSPS) is 18.3. The molecule has 0 amide bonds. The molecule has 1 aromatic carbocycles. The molecule has 0 aromatic heterocycles. The van der Waals surface area contributed by atoms with E-state index in [0.717, 1.165) is 12.8 Å². The average molecular weight is 247 g/mol. The van der Waals surface area contributed by atoms with Gasteiger partial charge in [0.1, 0.15) is 0 Å². The molecule has 1 aromatic rings. The topological polar surface area (TPSA) is 38.3 Å². The molecule has 18 heavy (non-hydrogen) atoms. The molecule has 0 saturated heterocycles. The second kappa shape index (κ2) is 6.01. The molecule has 0 bridgehead atoms. The Balaban J connectivity index is 2.15. The van der Waals surface area contributed by atoms with Crippen LogP contribution in [0.15, 0.2) is 30.3 Å². The molecule has 2 rings (SSSR count). The molecule has 0 unspecified atom stereocenters. The smallest absolute Gasteiger partial charge is 0.324 e. The van der Waals surface area contributed by atoms with Crippen LogP contribution in [-0.2, 0) is 15.2 Å². The average Bonchev–Trinajstić information content (AvgIpc) is 2.46. The van der Waals surface area contributed by atoms with E-state index in [-0.39, 0.29) is 11.5 Å². The van der Waals surface area contributed by atoms with E-state index in [4.69, 9.17) is 4.84 Å². The fourth-order valence-corrected chi connectivity index (χ4v) is 2.59. The number of carbonyl (C=O) groups is 1. The highest BCUT2D eigenvalue weighted by molar-refractivity contribution is 5.68. The van der Waals surface area contributed by atoms with E-state index in [2.05, 4.69) is 17.6 Å². The van der Waals surface area contributed by atoms with Crippen LogP contribution in [0.3, 0.4) is 0 Å². The third-order valence-electron chi connectivity index (χ3n) is 3.68. The quantitative estimate of drug-likeness (QED) is 0.830. The molecular weight excluding hydrogens is 226 g/mol. The maximum absolute atomic E-state index is 11.3. The lowest BCUT2D eigenvalue weighted by atomic mass is 9.77. The summed E-state index contributed by atoms with van der Waals surface area (Å²) in [6.07, 6.45) is 6.05. The van der Waals surface area contributed by atoms with Gasteiger partial charge >= 0.3 is 5.97 Å². The van der Waals surface area contributed by atoms with Crippen LogP contribution in [0.1, 0.15) is 51.0 Å². The van der Waals surface area contributed by atoms with Crippen LogP contribution in [0.5, 0.6) is 0 Å². The SMILES string of the molecule is CCC(=O)ONC1(c2ccccc2)CCCCC1. The monoisotopic (exact) mass is 247 g/mol. The highest BCUT2D eigenvalue weighted by Gasteiger charge is 2.35. The number of hydroxylamine groups is 1. The van der Waals surface area contributed by atoms with Crippen LogP contribution in [0.4, 0.5) is 0 Å². The molecule has 3 nitrogen and oxygen atoms in total. The van der Waals surface area contributed by atoms with E-state index in [9.17, 15) is 4.79 Å². The molecule has 1 aliphatic carbocycles. The van der Waals surface area contributed by atoms with E-state index in [1.54, 1.807) is 6.92 Å². The summed E-state index contributed by atoms with van der Waals surface area (Å²) in [5.41, 5.74) is 4.08. The molecule has 0 heterocycles. The molecule has 1 aliphatic rings. The fraction of sp³-hybridized carbons (Fsp3) is 0.533. The summed E-state index contributed by atoms with van der Waals surface area (Å²) < 4.78 is 0. The van der Waals surface area contributed by atoms with Crippen LogP contribution in [0, 0.1) is 0 Å². The van der Waals surface area contributed by atoms with Gasteiger partial charge < -0.3 is 4.84 Å². The summed E-state index contributed by atoms with van der Waals surface area (Å²) in [6.45, 7) is 1.81. The molecule has 0 aliphatic heterocycles. The Morgan fingerprint density at radius 3 is 2.50 bits per heavy atom. The number of hydrogen-bond donors (Lipinski definition) is 1. The molecule has 0 radical (unpaired) electrons. The van der Waals surface area contributed by atoms with Crippen molar-refractivity contribution in [1.82, 2.24) is 5.48 Å². The van der Waals surface area contributed by atoms with Gasteiger partial charge in [0.2, 0.25) is 0 Å². The maximum atomic E-state index is 11.3. The van der Waals surface area contributed by atoms with E-state index >= 15 is 0 Å². The van der Waals surface area contributed by atoms with Gasteiger partial charge in [0.05, 0.1) is 5.54 Å². The van der Waals surface area contributed by atoms with Gasteiger partial charge in [-0.25, -0.2) is 0 Å². The minimum Gasteiger partial charge on any atom is -0.370 e. The first kappa shape index (κ1) is 13.1. The molecular formula is C15H21NO2. The van der Waals surface area contributed by atoms with Crippen LogP contribution >= 0.6 is 0 Å². The summed E-state index contributed by atoms with van der Waals surface area (Å²) in [6, 6.07) is 10.3. The molecule has 1 fully saturated rings. The van der Waals surface area contributed by atoms with Crippen molar-refractivity contribution >= 4 is 5.97 Å². The van der Waals surface area contributed by atoms with E-state index in [0.29, 0.717) is 6.42 Å². The standard InChI is InChI=1S/C15H21NO2/c1-2-14(17)18-16-15(11-7-4-8-12-15)13-9-5-3-6-10-13/h3,5-6,9-10,16H,2,4,7-8,11-12H2,1H3. The highest BCUT2D eigenvalue weighted by atomic mass is 16.7. The van der Waals surface area contributed by atoms with Crippen LogP contribution in [0.25, 0.3) is 0 Å². The van der Waals surface area contributed by atoms with Crippen LogP contribution in [0.2, 0.25) is 0 Å². The molecule has 3 heteroatoms. The summed E-state index contributed by atoms with van der Waals surface area (Å²) in [5.74, 6) is -0.198. The van der Waals surface area contributed by atoms with Gasteiger partial charge in [0.15, 0.2) is 0 Å². The zero-order valence-corrected chi connectivity index (χ0v) is 10.9. The third kappa shape index (κ3) is 2.91. The Labute approximate surface area is 108 Å². The van der Waals surface area contributed by atoms with Crippen molar-refractivity contribution in [3.05, 3.63) is 35.9 Å². The van der Waals surface area contributed by atoms with Crippen molar-refractivity contribution < 1.29 is 9.63 Å². The summed E-state index contributed by atoms with van der Waals surface area (Å²) in [5, 5.41) is 0. The Kier molecular flexibility index (Phi) is 4.37. The number of rotatable bonds is 4. The lowest BCUT2D eigenvalue weighted by molar-refractivity contribution is -0.157. The van der Waals surface area contributed by atoms with E-state index < -0.39 is 0 Å². The number of carbonyl (C=O) groups excluding carboxylic acids is 1. The van der Waals surface area contributed by atoms with Gasteiger partial charge in [-0.1, -0.05) is 56.5 Å². The van der Waals surface area contributed by atoms with Crippen molar-refractivity contribution in [3.63, 3.8) is 0 Å². The summed E-state index contributed by atoms with van der Waals surface area (Å²) >= 11 is 0. The maximum Gasteiger partial charge on any atom is 0.324 e. The van der Waals surface area contributed by atoms with Crippen molar-refractivity contribution in [1.29, 1.82) is 0 Å². The summed E-state index contributed by atoms with van der Waals surface area (Å²) in [7, 11) is 0. The van der Waals surface area contributed by atoms with E-state index in [1.807, 2.05) is 18.2 Å². The minimum atomic E-state index is -0.198. The fourth-order valence-electron chi connectivity index (χ4n) is 2.59. The first-order valence-corrected chi connectivity index (χ1v) is 6.79. The van der Waals surface area contributed by atoms with Crippen molar-refractivity contribution in [2.75, 3.05) is 0 Å². The number of nitrogens with one attached hydrogen (secondary N) is 1. The minimum absolute atomic E-state index is 0.190. The van der Waals surface area contributed by atoms with Gasteiger partial charge in [-0.3, -0.25) is 4.79 Å². The van der Waals surface area contributed by atoms with Gasteiger partial charge in [0, 0.05) is 6.42 Å². The predicted octanol–water partition coefficient (Wildman–Crippen LogP) is 3.30. The molecule has 0 atom stereocenters. The van der Waals surface area contributed by atoms with Gasteiger partial charge in [0.25, 0.3) is 0 Å². The second-order valence-corrected chi connectivity index (χ2v) is 4.94. The lowest BCUT2D eigenvalue weighted by Crippen LogP contribution is -2.44. The first-order chi connectivity index (χ1) is 8.77. The van der Waals surface area contributed by atoms with Crippen LogP contribution in [-0.4, -0.2) is 5.97 Å². The Morgan fingerprint density at radius 1 is 1.22 bits per heavy atom. The summed E-state index contributed by atoms with van der Waals surface area (Å²) in [4.78, 5) is 16.5. The van der Waals surface area contributed by atoms with Crippen molar-refractivity contribution in [3.8, 4) is 0 Å². The molecule has 0 spiro atoms. The predicted molar refractivity (Wildman–Crippen MR) is 70.7 cm³/mol. The van der Waals surface area contributed by atoms with Crippen LogP contribution < -0.4 is 5.48 Å². The first-order valence-electron chi connectivity index (χ1n) is 6.79. The Bertz CT molecular complexity index is 383. The molecule has 1 N–H and O–H groups in total. The lowest BCUT2D eigenvalue weighted by Gasteiger charge is -2.37. The van der Waals surface area contributed by atoms with Crippen molar-refractivity contribution in [2.24, 2.45) is 0 Å². The van der Waals surface area contributed by atoms with Crippen molar-refractivity contribution in [2.45, 2.75) is 51.0 Å². The number of benzene rings is 1. The van der Waals surface area contributed by atoms with E-state index in [1.165, 1.54) is 24.8 Å². The second-order valence-electron chi connectivity index (χ2n) is 4.94. The molecule has 98 valence electrons. The van der Waals surface area contributed by atoms with Gasteiger partial charge in [-0.2, -0.15) is 0 Å². The van der Waals surface area contributed by atoms with Gasteiger partial charge in [-0.15, -0.1) is 5.48 Å². The molecule has 1 saturated carbocycles. The Morgan fingerprint density at radius 2 is 1.89 bits per heavy atom. The number of hydrogen-bond acceptors (Lipinski definition) is 3. The third-order valence-corrected chi connectivity index (χ3v) is 3.68. The van der Waals surface area contributed by atoms with Gasteiger partial charge in [-0.05, 0) is 18.4 Å². The zero-order chi connectivity index (χ0) is 12.8. The zero-order valence-electron chi connectivity index (χ0n) is 10.9. The Hall–Kier alpha value is -1.35.